The number of amides is 2. The number of rotatable bonds is 3. The molecule has 1 saturated carbocycles. The van der Waals surface area contributed by atoms with Gasteiger partial charge in [-0.3, -0.25) is 0 Å². The van der Waals surface area contributed by atoms with Crippen molar-refractivity contribution in [2.45, 2.75) is 65.0 Å². The van der Waals surface area contributed by atoms with Gasteiger partial charge in [0.15, 0.2) is 0 Å². The molecule has 1 aliphatic rings. The van der Waals surface area contributed by atoms with Crippen molar-refractivity contribution >= 4 is 12.0 Å². The third-order valence-corrected chi connectivity index (χ3v) is 3.51. The van der Waals surface area contributed by atoms with Crippen molar-refractivity contribution in [2.75, 3.05) is 0 Å². The molecule has 1 rings (SSSR count). The minimum Gasteiger partial charge on any atom is -0.480 e. The standard InChI is InChI=1S/C13H24N2O3/c1-12(2,3)9(10(16)17)14-11(18)15-13(4)7-5-6-8-13/h9H,5-8H2,1-4H3,(H,16,17)(H2,14,15,18). The van der Waals surface area contributed by atoms with Crippen molar-refractivity contribution < 1.29 is 14.7 Å². The molecule has 0 aliphatic heterocycles. The predicted molar refractivity (Wildman–Crippen MR) is 69.4 cm³/mol. The van der Waals surface area contributed by atoms with Crippen LogP contribution in [0.4, 0.5) is 4.79 Å². The Labute approximate surface area is 108 Å². The van der Waals surface area contributed by atoms with E-state index in [9.17, 15) is 9.59 Å². The van der Waals surface area contributed by atoms with Crippen LogP contribution in [0, 0.1) is 5.41 Å². The van der Waals surface area contributed by atoms with Gasteiger partial charge < -0.3 is 15.7 Å². The molecule has 0 aromatic rings. The molecular formula is C13H24N2O3. The molecule has 1 fully saturated rings. The first-order chi connectivity index (χ1) is 8.14. The van der Waals surface area contributed by atoms with Crippen molar-refractivity contribution in [3.8, 4) is 0 Å². The molecule has 0 radical (unpaired) electrons. The topological polar surface area (TPSA) is 78.4 Å². The summed E-state index contributed by atoms with van der Waals surface area (Å²) in [6, 6.07) is -1.27. The molecule has 0 aromatic heterocycles. The lowest BCUT2D eigenvalue weighted by atomic mass is 9.87. The van der Waals surface area contributed by atoms with Gasteiger partial charge in [-0.25, -0.2) is 9.59 Å². The molecule has 0 saturated heterocycles. The molecule has 2 amide bonds. The monoisotopic (exact) mass is 256 g/mol. The second kappa shape index (κ2) is 5.16. The van der Waals surface area contributed by atoms with E-state index in [1.165, 1.54) is 0 Å². The van der Waals surface area contributed by atoms with Crippen LogP contribution < -0.4 is 10.6 Å². The average molecular weight is 256 g/mol. The van der Waals surface area contributed by atoms with E-state index in [1.54, 1.807) is 20.8 Å². The molecule has 0 spiro atoms. The van der Waals surface area contributed by atoms with E-state index in [4.69, 9.17) is 5.11 Å². The Kier molecular flexibility index (Phi) is 4.24. The number of carboxylic acids is 1. The minimum absolute atomic E-state index is 0.189. The predicted octanol–water partition coefficient (Wildman–Crippen LogP) is 2.12. The normalized spacial score (nSPS) is 20.2. The summed E-state index contributed by atoms with van der Waals surface area (Å²) in [7, 11) is 0. The van der Waals surface area contributed by atoms with Crippen LogP contribution in [0.3, 0.4) is 0 Å². The lowest BCUT2D eigenvalue weighted by Gasteiger charge is -2.31. The van der Waals surface area contributed by atoms with Gasteiger partial charge in [-0.05, 0) is 25.2 Å². The zero-order valence-corrected chi connectivity index (χ0v) is 11.7. The maximum absolute atomic E-state index is 11.9. The van der Waals surface area contributed by atoms with Crippen molar-refractivity contribution in [1.29, 1.82) is 0 Å². The fourth-order valence-corrected chi connectivity index (χ4v) is 2.37. The number of aliphatic carboxylic acids is 1. The Morgan fingerprint density at radius 1 is 1.22 bits per heavy atom. The number of hydrogen-bond donors (Lipinski definition) is 3. The Balaban J connectivity index is 2.60. The highest BCUT2D eigenvalue weighted by Gasteiger charge is 2.35. The summed E-state index contributed by atoms with van der Waals surface area (Å²) >= 11 is 0. The Bertz CT molecular complexity index is 328. The summed E-state index contributed by atoms with van der Waals surface area (Å²) in [4.78, 5) is 23.0. The lowest BCUT2D eigenvalue weighted by Crippen LogP contribution is -2.56. The number of urea groups is 1. The van der Waals surface area contributed by atoms with E-state index in [2.05, 4.69) is 10.6 Å². The van der Waals surface area contributed by atoms with E-state index in [-0.39, 0.29) is 11.6 Å². The van der Waals surface area contributed by atoms with E-state index >= 15 is 0 Å². The van der Waals surface area contributed by atoms with Crippen LogP contribution >= 0.6 is 0 Å². The van der Waals surface area contributed by atoms with Crippen molar-refractivity contribution in [3.05, 3.63) is 0 Å². The summed E-state index contributed by atoms with van der Waals surface area (Å²) in [6.07, 6.45) is 4.12. The van der Waals surface area contributed by atoms with E-state index in [0.29, 0.717) is 0 Å². The Hall–Kier alpha value is -1.26. The SMILES string of the molecule is CC1(NC(=O)NC(C(=O)O)C(C)(C)C)CCCC1. The molecule has 5 nitrogen and oxygen atoms in total. The zero-order chi connectivity index (χ0) is 14.0. The van der Waals surface area contributed by atoms with Crippen LogP contribution in [0.25, 0.3) is 0 Å². The first kappa shape index (κ1) is 14.8. The average Bonchev–Trinajstić information content (AvgIpc) is 2.59. The summed E-state index contributed by atoms with van der Waals surface area (Å²) in [5.41, 5.74) is -0.704. The van der Waals surface area contributed by atoms with Crippen LogP contribution in [0.1, 0.15) is 53.4 Å². The van der Waals surface area contributed by atoms with Crippen molar-refractivity contribution in [2.24, 2.45) is 5.41 Å². The number of carbonyl (C=O) groups is 2. The Morgan fingerprint density at radius 3 is 2.11 bits per heavy atom. The highest BCUT2D eigenvalue weighted by molar-refractivity contribution is 5.83. The second-order valence-corrected chi connectivity index (χ2v) is 6.50. The quantitative estimate of drug-likeness (QED) is 0.723. The first-order valence-electron chi connectivity index (χ1n) is 6.45. The highest BCUT2D eigenvalue weighted by Crippen LogP contribution is 2.28. The zero-order valence-electron chi connectivity index (χ0n) is 11.7. The molecule has 5 heteroatoms. The molecule has 0 heterocycles. The van der Waals surface area contributed by atoms with Crippen LogP contribution in [-0.4, -0.2) is 28.7 Å². The summed E-state index contributed by atoms with van der Waals surface area (Å²) in [5.74, 6) is -1.01. The maximum atomic E-state index is 11.9. The number of nitrogens with one attached hydrogen (secondary N) is 2. The van der Waals surface area contributed by atoms with E-state index in [0.717, 1.165) is 25.7 Å². The smallest absolute Gasteiger partial charge is 0.326 e. The summed E-state index contributed by atoms with van der Waals surface area (Å²) in [6.45, 7) is 7.39. The molecule has 1 atom stereocenters. The van der Waals surface area contributed by atoms with Gasteiger partial charge in [0.1, 0.15) is 6.04 Å². The first-order valence-corrected chi connectivity index (χ1v) is 6.45. The van der Waals surface area contributed by atoms with E-state index < -0.39 is 17.4 Å². The second-order valence-electron chi connectivity index (χ2n) is 6.50. The van der Waals surface area contributed by atoms with Crippen LogP contribution in [-0.2, 0) is 4.79 Å². The third kappa shape index (κ3) is 3.89. The van der Waals surface area contributed by atoms with Gasteiger partial charge in [0, 0.05) is 5.54 Å². The van der Waals surface area contributed by atoms with Gasteiger partial charge in [0.05, 0.1) is 0 Å². The number of carbonyl (C=O) groups excluding carboxylic acids is 1. The fraction of sp³-hybridized carbons (Fsp3) is 0.846. The fourth-order valence-electron chi connectivity index (χ4n) is 2.37. The molecule has 0 aromatic carbocycles. The van der Waals surface area contributed by atoms with Crippen molar-refractivity contribution in [1.82, 2.24) is 10.6 Å². The van der Waals surface area contributed by atoms with Crippen LogP contribution in [0.5, 0.6) is 0 Å². The van der Waals surface area contributed by atoms with Gasteiger partial charge in [-0.2, -0.15) is 0 Å². The molecular weight excluding hydrogens is 232 g/mol. The molecule has 104 valence electrons. The summed E-state index contributed by atoms with van der Waals surface area (Å²) in [5, 5.41) is 14.6. The maximum Gasteiger partial charge on any atom is 0.326 e. The number of carboxylic acid groups (broad SMARTS) is 1. The molecule has 0 bridgehead atoms. The van der Waals surface area contributed by atoms with Gasteiger partial charge in [0.25, 0.3) is 0 Å². The van der Waals surface area contributed by atoms with Crippen molar-refractivity contribution in [3.63, 3.8) is 0 Å². The van der Waals surface area contributed by atoms with E-state index in [1.807, 2.05) is 6.92 Å². The van der Waals surface area contributed by atoms with Crippen LogP contribution in [0.2, 0.25) is 0 Å². The largest absolute Gasteiger partial charge is 0.480 e. The van der Waals surface area contributed by atoms with Gasteiger partial charge >= 0.3 is 12.0 Å². The van der Waals surface area contributed by atoms with Gasteiger partial charge in [-0.15, -0.1) is 0 Å². The Morgan fingerprint density at radius 2 is 1.72 bits per heavy atom. The van der Waals surface area contributed by atoms with Gasteiger partial charge in [0.2, 0.25) is 0 Å². The third-order valence-electron chi connectivity index (χ3n) is 3.51. The molecule has 1 aliphatic carbocycles. The lowest BCUT2D eigenvalue weighted by molar-refractivity contribution is -0.141. The minimum atomic E-state index is -1.01. The number of hydrogen-bond acceptors (Lipinski definition) is 2. The summed E-state index contributed by atoms with van der Waals surface area (Å²) < 4.78 is 0. The molecule has 1 unspecified atom stereocenters. The van der Waals surface area contributed by atoms with Gasteiger partial charge in [-0.1, -0.05) is 33.6 Å². The molecule has 3 N–H and O–H groups in total. The van der Waals surface area contributed by atoms with Crippen LogP contribution in [0.15, 0.2) is 0 Å². The highest BCUT2D eigenvalue weighted by atomic mass is 16.4. The molecule has 18 heavy (non-hydrogen) atoms.